The number of nitrogens with zero attached hydrogens (tertiary/aromatic N) is 1. The van der Waals surface area contributed by atoms with E-state index in [-0.39, 0.29) is 23.0 Å². The molecule has 0 aromatic heterocycles. The van der Waals surface area contributed by atoms with Crippen molar-refractivity contribution in [3.63, 3.8) is 0 Å². The molecule has 0 aliphatic carbocycles. The molecule has 2 aromatic carbocycles. The molecule has 1 N–H and O–H groups in total. The van der Waals surface area contributed by atoms with Crippen LogP contribution in [0.3, 0.4) is 0 Å². The maximum absolute atomic E-state index is 14.7. The van der Waals surface area contributed by atoms with Crippen molar-refractivity contribution < 1.29 is 23.8 Å². The zero-order valence-corrected chi connectivity index (χ0v) is 17.0. The molecule has 156 valence electrons. The van der Waals surface area contributed by atoms with Crippen LogP contribution in [-0.4, -0.2) is 34.3 Å². The second kappa shape index (κ2) is 7.94. The first-order chi connectivity index (χ1) is 14.4. The lowest BCUT2D eigenvalue weighted by atomic mass is 9.94. The van der Waals surface area contributed by atoms with Gasteiger partial charge in [0.05, 0.1) is 11.6 Å². The minimum absolute atomic E-state index is 0.0374. The number of aliphatic hydroxyl groups is 1. The zero-order valence-electron chi connectivity index (χ0n) is 17.0. The summed E-state index contributed by atoms with van der Waals surface area (Å²) in [4.78, 5) is 27.1. The normalized spacial score (nSPS) is 22.3. The van der Waals surface area contributed by atoms with Crippen LogP contribution in [0, 0.1) is 5.82 Å². The second-order valence-corrected chi connectivity index (χ2v) is 7.82. The number of ether oxygens (including phenoxy) is 1. The van der Waals surface area contributed by atoms with Crippen molar-refractivity contribution >= 4 is 17.4 Å². The molecule has 0 spiro atoms. The van der Waals surface area contributed by atoms with E-state index in [9.17, 15) is 19.1 Å². The lowest BCUT2D eigenvalue weighted by Crippen LogP contribution is -2.31. The van der Waals surface area contributed by atoms with E-state index in [0.717, 1.165) is 17.7 Å². The smallest absolute Gasteiger partial charge is 0.295 e. The Bertz CT molecular complexity index is 1050. The number of aliphatic hydroxyl groups excluding tert-OH is 1. The number of rotatable bonds is 5. The van der Waals surface area contributed by atoms with E-state index in [1.54, 1.807) is 36.4 Å². The fourth-order valence-electron chi connectivity index (χ4n) is 4.18. The summed E-state index contributed by atoms with van der Waals surface area (Å²) in [5.41, 5.74) is 1.47. The quantitative estimate of drug-likeness (QED) is 0.452. The van der Waals surface area contributed by atoms with Crippen molar-refractivity contribution in [1.29, 1.82) is 0 Å². The molecular weight excluding hydrogens is 385 g/mol. The predicted molar refractivity (Wildman–Crippen MR) is 111 cm³/mol. The average molecular weight is 409 g/mol. The van der Waals surface area contributed by atoms with Gasteiger partial charge in [-0.2, -0.15) is 0 Å². The van der Waals surface area contributed by atoms with Crippen molar-refractivity contribution in [2.75, 3.05) is 6.54 Å². The standard InChI is InChI=1S/C24H24FNO4/c1-3-4-11-26-21(17-7-5-6-8-18(17)25)20(23(28)24(26)29)22(27)15-9-10-19-16(13-15)12-14(2)30-19/h5-10,13-14,21,27H,3-4,11-12H2,1-2H3/b22-20+. The van der Waals surface area contributed by atoms with Crippen LogP contribution in [0.1, 0.15) is 49.4 Å². The molecule has 5 nitrogen and oxygen atoms in total. The number of hydrogen-bond donors (Lipinski definition) is 1. The van der Waals surface area contributed by atoms with E-state index in [0.29, 0.717) is 24.9 Å². The van der Waals surface area contributed by atoms with E-state index in [1.807, 2.05) is 13.8 Å². The van der Waals surface area contributed by atoms with Gasteiger partial charge >= 0.3 is 0 Å². The number of hydrogen-bond acceptors (Lipinski definition) is 4. The van der Waals surface area contributed by atoms with E-state index in [1.165, 1.54) is 11.0 Å². The molecule has 4 rings (SSSR count). The summed E-state index contributed by atoms with van der Waals surface area (Å²) in [5.74, 6) is -1.57. The van der Waals surface area contributed by atoms with Crippen LogP contribution < -0.4 is 4.74 Å². The summed E-state index contributed by atoms with van der Waals surface area (Å²) in [7, 11) is 0. The van der Waals surface area contributed by atoms with Crippen LogP contribution in [-0.2, 0) is 16.0 Å². The molecule has 0 radical (unpaired) electrons. The average Bonchev–Trinajstić information content (AvgIpc) is 3.22. The molecule has 0 saturated carbocycles. The highest BCUT2D eigenvalue weighted by atomic mass is 19.1. The number of halogens is 1. The molecule has 1 amide bonds. The van der Waals surface area contributed by atoms with Crippen molar-refractivity contribution in [2.45, 2.75) is 45.3 Å². The maximum Gasteiger partial charge on any atom is 0.295 e. The molecule has 2 atom stereocenters. The fraction of sp³-hybridized carbons (Fsp3) is 0.333. The third-order valence-electron chi connectivity index (χ3n) is 5.66. The Kier molecular flexibility index (Phi) is 5.33. The molecule has 6 heteroatoms. The Balaban J connectivity index is 1.85. The maximum atomic E-state index is 14.7. The van der Waals surface area contributed by atoms with Crippen molar-refractivity contribution in [2.24, 2.45) is 0 Å². The summed E-state index contributed by atoms with van der Waals surface area (Å²) in [6.45, 7) is 4.24. The van der Waals surface area contributed by atoms with E-state index in [2.05, 4.69) is 0 Å². The van der Waals surface area contributed by atoms with Crippen LogP contribution in [0.15, 0.2) is 48.0 Å². The number of likely N-dealkylation sites (tertiary alicyclic amines) is 1. The van der Waals surface area contributed by atoms with Crippen molar-refractivity contribution in [3.05, 3.63) is 70.5 Å². The fourth-order valence-corrected chi connectivity index (χ4v) is 4.18. The highest BCUT2D eigenvalue weighted by Crippen LogP contribution is 2.41. The van der Waals surface area contributed by atoms with Crippen molar-refractivity contribution in [1.82, 2.24) is 4.90 Å². The summed E-state index contributed by atoms with van der Waals surface area (Å²) < 4.78 is 20.4. The number of carbonyl (C=O) groups excluding carboxylic acids is 2. The highest BCUT2D eigenvalue weighted by molar-refractivity contribution is 6.46. The molecule has 2 aromatic rings. The first-order valence-corrected chi connectivity index (χ1v) is 10.2. The second-order valence-electron chi connectivity index (χ2n) is 7.82. The van der Waals surface area contributed by atoms with Gasteiger partial charge in [-0.1, -0.05) is 31.5 Å². The van der Waals surface area contributed by atoms with Crippen LogP contribution in [0.4, 0.5) is 4.39 Å². The number of amides is 1. The summed E-state index contributed by atoms with van der Waals surface area (Å²) in [6, 6.07) is 10.3. The Morgan fingerprint density at radius 2 is 2.00 bits per heavy atom. The van der Waals surface area contributed by atoms with Gasteiger partial charge in [0.15, 0.2) is 0 Å². The number of unbranched alkanes of at least 4 members (excludes halogenated alkanes) is 1. The minimum atomic E-state index is -0.957. The third-order valence-corrected chi connectivity index (χ3v) is 5.66. The molecular formula is C24H24FNO4. The van der Waals surface area contributed by atoms with Gasteiger partial charge in [-0.25, -0.2) is 4.39 Å². The SMILES string of the molecule is CCCCN1C(=O)C(=O)/C(=C(/O)c2ccc3c(c2)CC(C)O3)C1c1ccccc1F. The topological polar surface area (TPSA) is 66.8 Å². The van der Waals surface area contributed by atoms with Crippen LogP contribution in [0.25, 0.3) is 5.76 Å². The lowest BCUT2D eigenvalue weighted by Gasteiger charge is -2.25. The zero-order chi connectivity index (χ0) is 21.4. The van der Waals surface area contributed by atoms with E-state index >= 15 is 0 Å². The lowest BCUT2D eigenvalue weighted by molar-refractivity contribution is -0.139. The summed E-state index contributed by atoms with van der Waals surface area (Å²) >= 11 is 0. The number of Topliss-reactive ketones (excluding diaryl/α,β-unsaturated/α-hetero) is 1. The van der Waals surface area contributed by atoms with Crippen LogP contribution >= 0.6 is 0 Å². The molecule has 30 heavy (non-hydrogen) atoms. The van der Waals surface area contributed by atoms with Gasteiger partial charge in [0.25, 0.3) is 11.7 Å². The summed E-state index contributed by atoms with van der Waals surface area (Å²) in [6.07, 6.45) is 2.22. The van der Waals surface area contributed by atoms with Gasteiger partial charge in [0, 0.05) is 24.1 Å². The van der Waals surface area contributed by atoms with Crippen LogP contribution in [0.2, 0.25) is 0 Å². The first kappa shape index (κ1) is 20.1. The number of fused-ring (bicyclic) bond motifs is 1. The molecule has 2 aliphatic heterocycles. The van der Waals surface area contributed by atoms with Gasteiger partial charge < -0.3 is 14.7 Å². The number of ketones is 1. The molecule has 0 bridgehead atoms. The minimum Gasteiger partial charge on any atom is -0.507 e. The monoisotopic (exact) mass is 409 g/mol. The molecule has 1 saturated heterocycles. The molecule has 2 unspecified atom stereocenters. The third kappa shape index (κ3) is 3.36. The predicted octanol–water partition coefficient (Wildman–Crippen LogP) is 4.37. The number of benzene rings is 2. The van der Waals surface area contributed by atoms with Crippen LogP contribution in [0.5, 0.6) is 5.75 Å². The Morgan fingerprint density at radius 1 is 1.23 bits per heavy atom. The van der Waals surface area contributed by atoms with Gasteiger partial charge in [-0.3, -0.25) is 9.59 Å². The Labute approximate surface area is 174 Å². The summed E-state index contributed by atoms with van der Waals surface area (Å²) in [5, 5.41) is 11.1. The Hall–Kier alpha value is -3.15. The van der Waals surface area contributed by atoms with E-state index in [4.69, 9.17) is 4.74 Å². The highest BCUT2D eigenvalue weighted by Gasteiger charge is 2.46. The van der Waals surface area contributed by atoms with Gasteiger partial charge in [0.2, 0.25) is 0 Å². The van der Waals surface area contributed by atoms with Gasteiger partial charge in [0.1, 0.15) is 23.4 Å². The molecule has 2 heterocycles. The first-order valence-electron chi connectivity index (χ1n) is 10.2. The van der Waals surface area contributed by atoms with E-state index < -0.39 is 23.5 Å². The Morgan fingerprint density at radius 3 is 2.73 bits per heavy atom. The number of carbonyl (C=O) groups is 2. The molecule has 1 fully saturated rings. The van der Waals surface area contributed by atoms with Gasteiger partial charge in [-0.15, -0.1) is 0 Å². The largest absolute Gasteiger partial charge is 0.507 e. The van der Waals surface area contributed by atoms with Gasteiger partial charge in [-0.05, 0) is 43.2 Å². The molecule has 2 aliphatic rings. The van der Waals surface area contributed by atoms with Crippen molar-refractivity contribution in [3.8, 4) is 5.75 Å².